The number of rotatable bonds is 6. The predicted octanol–water partition coefficient (Wildman–Crippen LogP) is 2.62. The number of hydrogen-bond donors (Lipinski definition) is 0. The molecule has 1 atom stereocenters. The Kier molecular flexibility index (Phi) is 5.21. The maximum absolute atomic E-state index is 11.9. The van der Waals surface area contributed by atoms with E-state index in [0.29, 0.717) is 12.0 Å². The van der Waals surface area contributed by atoms with Gasteiger partial charge in [-0.15, -0.1) is 6.58 Å². The van der Waals surface area contributed by atoms with Crippen LogP contribution in [0, 0.1) is 5.92 Å². The minimum Gasteiger partial charge on any atom is -0.263 e. The fourth-order valence-electron chi connectivity index (χ4n) is 0.851. The molecule has 0 aliphatic carbocycles. The smallest absolute Gasteiger partial charge is 0.263 e. The van der Waals surface area contributed by atoms with Crippen LogP contribution in [0.3, 0.4) is 0 Å². The van der Waals surface area contributed by atoms with Crippen LogP contribution in [-0.4, -0.2) is 20.5 Å². The van der Waals surface area contributed by atoms with Crippen molar-refractivity contribution in [3.8, 4) is 0 Å². The summed E-state index contributed by atoms with van der Waals surface area (Å²) >= 11 is 0. The molecule has 0 rings (SSSR count). The third-order valence-electron chi connectivity index (χ3n) is 1.86. The highest BCUT2D eigenvalue weighted by molar-refractivity contribution is 7.87. The maximum atomic E-state index is 11.9. The van der Waals surface area contributed by atoms with Gasteiger partial charge in [0.1, 0.15) is 0 Å². The molecule has 0 fully saturated rings. The van der Waals surface area contributed by atoms with Crippen molar-refractivity contribution in [3.05, 3.63) is 24.8 Å². The molecule has 0 radical (unpaired) electrons. The molecule has 0 amide bonds. The van der Waals surface area contributed by atoms with E-state index in [1.807, 2.05) is 0 Å². The quantitative estimate of drug-likeness (QED) is 0.418. The monoisotopic (exact) mass is 258 g/mol. The summed E-state index contributed by atoms with van der Waals surface area (Å²) in [5.41, 5.74) is -4.85. The van der Waals surface area contributed by atoms with Gasteiger partial charge in [-0.25, -0.2) is 0 Å². The third-order valence-corrected chi connectivity index (χ3v) is 2.87. The van der Waals surface area contributed by atoms with Crippen molar-refractivity contribution >= 4 is 10.1 Å². The fourth-order valence-corrected chi connectivity index (χ4v) is 1.33. The lowest BCUT2D eigenvalue weighted by Gasteiger charge is -2.15. The molecule has 0 aliphatic heterocycles. The van der Waals surface area contributed by atoms with Crippen molar-refractivity contribution in [3.63, 3.8) is 0 Å². The largest absolute Gasteiger partial charge is 0.523 e. The van der Waals surface area contributed by atoms with Crippen molar-refractivity contribution in [2.24, 2.45) is 5.92 Å². The van der Waals surface area contributed by atoms with Crippen LogP contribution in [0.2, 0.25) is 0 Å². The molecular weight excluding hydrogens is 245 g/mol. The Morgan fingerprint density at radius 3 is 2.31 bits per heavy atom. The molecule has 3 nitrogen and oxygen atoms in total. The molecule has 0 N–H and O–H groups in total. The van der Waals surface area contributed by atoms with E-state index in [0.717, 1.165) is 0 Å². The second-order valence-corrected chi connectivity index (χ2v) is 4.86. The van der Waals surface area contributed by atoms with E-state index in [2.05, 4.69) is 17.3 Å². The van der Waals surface area contributed by atoms with Crippen molar-refractivity contribution in [1.29, 1.82) is 0 Å². The maximum Gasteiger partial charge on any atom is 0.523 e. The van der Waals surface area contributed by atoms with Gasteiger partial charge in [-0.3, -0.25) is 4.18 Å². The number of alkyl halides is 3. The van der Waals surface area contributed by atoms with Crippen LogP contribution in [0.15, 0.2) is 24.8 Å². The first-order valence-corrected chi connectivity index (χ1v) is 5.74. The molecule has 0 saturated carbocycles. The normalized spacial score (nSPS) is 14.5. The van der Waals surface area contributed by atoms with Crippen LogP contribution in [0.1, 0.15) is 13.3 Å². The Bertz CT molecular complexity index is 357. The van der Waals surface area contributed by atoms with E-state index in [4.69, 9.17) is 0 Å². The molecule has 0 aromatic carbocycles. The van der Waals surface area contributed by atoms with Crippen LogP contribution in [0.4, 0.5) is 13.2 Å². The molecule has 16 heavy (non-hydrogen) atoms. The predicted molar refractivity (Wildman–Crippen MR) is 54.0 cm³/mol. The van der Waals surface area contributed by atoms with E-state index in [-0.39, 0.29) is 0 Å². The molecule has 0 aromatic rings. The van der Waals surface area contributed by atoms with E-state index in [9.17, 15) is 21.6 Å². The molecule has 7 heteroatoms. The summed E-state index contributed by atoms with van der Waals surface area (Å²) in [4.78, 5) is 0. The lowest BCUT2D eigenvalue weighted by Crippen LogP contribution is -2.27. The highest BCUT2D eigenvalue weighted by atomic mass is 32.2. The zero-order valence-electron chi connectivity index (χ0n) is 8.75. The summed E-state index contributed by atoms with van der Waals surface area (Å²) in [5.74, 6) is -0.491. The summed E-state index contributed by atoms with van der Waals surface area (Å²) in [6.07, 6.45) is 1.77. The Labute approximate surface area is 92.7 Å². The minimum absolute atomic E-state index is 0.308. The van der Waals surface area contributed by atoms with Gasteiger partial charge >= 0.3 is 15.6 Å². The molecule has 0 aliphatic rings. The van der Waals surface area contributed by atoms with Gasteiger partial charge in [-0.2, -0.15) is 21.6 Å². The average molecular weight is 258 g/mol. The zero-order chi connectivity index (χ0) is 13.0. The molecule has 0 heterocycles. The van der Waals surface area contributed by atoms with Gasteiger partial charge in [0.15, 0.2) is 0 Å². The van der Waals surface area contributed by atoms with Crippen LogP contribution in [-0.2, 0) is 14.3 Å². The Balaban J connectivity index is 4.54. The first kappa shape index (κ1) is 15.2. The summed E-state index contributed by atoms with van der Waals surface area (Å²) in [7, 11) is -5.52. The Morgan fingerprint density at radius 2 is 2.00 bits per heavy atom. The molecular formula is C9H13F3O3S. The first-order valence-electron chi connectivity index (χ1n) is 4.33. The summed E-state index contributed by atoms with van der Waals surface area (Å²) in [6.45, 7) is 7.94. The van der Waals surface area contributed by atoms with Crippen molar-refractivity contribution in [2.45, 2.75) is 18.9 Å². The molecule has 0 saturated heterocycles. The lowest BCUT2D eigenvalue weighted by molar-refractivity contribution is -0.0547. The van der Waals surface area contributed by atoms with Gasteiger partial charge in [-0.1, -0.05) is 18.2 Å². The topological polar surface area (TPSA) is 43.4 Å². The third kappa shape index (κ3) is 4.36. The van der Waals surface area contributed by atoms with Gasteiger partial charge in [0, 0.05) is 5.92 Å². The van der Waals surface area contributed by atoms with E-state index in [1.165, 1.54) is 6.08 Å². The van der Waals surface area contributed by atoms with Gasteiger partial charge in [0.2, 0.25) is 0 Å². The fraction of sp³-hybridized carbons (Fsp3) is 0.556. The summed E-state index contributed by atoms with van der Waals surface area (Å²) in [5, 5.41) is 0. The van der Waals surface area contributed by atoms with Crippen LogP contribution >= 0.6 is 0 Å². The SMILES string of the molecule is C=CC[C@@H](COS(=O)(=O)C(F)(F)F)C(=C)C. The van der Waals surface area contributed by atoms with E-state index in [1.54, 1.807) is 6.92 Å². The van der Waals surface area contributed by atoms with Gasteiger partial charge in [0.25, 0.3) is 0 Å². The van der Waals surface area contributed by atoms with E-state index >= 15 is 0 Å². The molecule has 0 unspecified atom stereocenters. The second-order valence-electron chi connectivity index (χ2n) is 3.25. The van der Waals surface area contributed by atoms with Crippen LogP contribution < -0.4 is 0 Å². The summed E-state index contributed by atoms with van der Waals surface area (Å²) < 4.78 is 60.8. The lowest BCUT2D eigenvalue weighted by atomic mass is 10.00. The van der Waals surface area contributed by atoms with Crippen molar-refractivity contribution in [2.75, 3.05) is 6.61 Å². The van der Waals surface area contributed by atoms with Crippen molar-refractivity contribution < 1.29 is 25.8 Å². The Morgan fingerprint density at radius 1 is 1.50 bits per heavy atom. The number of halogens is 3. The average Bonchev–Trinajstić information content (AvgIpc) is 2.09. The molecule has 0 bridgehead atoms. The summed E-state index contributed by atoms with van der Waals surface area (Å²) in [6, 6.07) is 0. The molecule has 94 valence electrons. The van der Waals surface area contributed by atoms with Crippen molar-refractivity contribution in [1.82, 2.24) is 0 Å². The standard InChI is InChI=1S/C9H13F3O3S/c1-4-5-8(7(2)3)6-15-16(13,14)9(10,11)12/h4,8H,1-2,5-6H2,3H3/t8-/m0/s1. The van der Waals surface area contributed by atoms with Gasteiger partial charge < -0.3 is 0 Å². The van der Waals surface area contributed by atoms with E-state index < -0.39 is 28.2 Å². The van der Waals surface area contributed by atoms with Gasteiger partial charge in [0.05, 0.1) is 6.61 Å². The first-order chi connectivity index (χ1) is 7.12. The highest BCUT2D eigenvalue weighted by Crippen LogP contribution is 2.26. The Hall–Kier alpha value is -0.820. The van der Waals surface area contributed by atoms with Crippen LogP contribution in [0.5, 0.6) is 0 Å². The zero-order valence-corrected chi connectivity index (χ0v) is 9.57. The molecule has 0 spiro atoms. The second kappa shape index (κ2) is 5.49. The number of hydrogen-bond acceptors (Lipinski definition) is 3. The molecule has 0 aromatic heterocycles. The minimum atomic E-state index is -5.52. The highest BCUT2D eigenvalue weighted by Gasteiger charge is 2.47. The van der Waals surface area contributed by atoms with Crippen LogP contribution in [0.25, 0.3) is 0 Å². The van der Waals surface area contributed by atoms with Gasteiger partial charge in [-0.05, 0) is 13.3 Å². The number of allylic oxidation sites excluding steroid dienone is 1.